The lowest BCUT2D eigenvalue weighted by Crippen LogP contribution is -1.93. The number of alkyl halides is 1. The van der Waals surface area contributed by atoms with Crippen LogP contribution in [-0.2, 0) is 6.42 Å². The van der Waals surface area contributed by atoms with E-state index in [9.17, 15) is 0 Å². The molecule has 0 atom stereocenters. The highest BCUT2D eigenvalue weighted by Crippen LogP contribution is 2.26. The van der Waals surface area contributed by atoms with Crippen molar-refractivity contribution in [1.29, 1.82) is 0 Å². The van der Waals surface area contributed by atoms with Gasteiger partial charge in [0.25, 0.3) is 0 Å². The van der Waals surface area contributed by atoms with E-state index >= 15 is 0 Å². The molecule has 0 saturated heterocycles. The highest BCUT2D eigenvalue weighted by atomic mass is 35.5. The quantitative estimate of drug-likeness (QED) is 0.485. The van der Waals surface area contributed by atoms with Gasteiger partial charge >= 0.3 is 0 Å². The number of para-hydroxylation sites is 2. The molecule has 1 heterocycles. The van der Waals surface area contributed by atoms with Gasteiger partial charge in [-0.1, -0.05) is 36.4 Å². The number of benzene rings is 2. The van der Waals surface area contributed by atoms with E-state index in [2.05, 4.69) is 41.4 Å². The molecule has 84 valence electrons. The summed E-state index contributed by atoms with van der Waals surface area (Å²) < 4.78 is 0. The summed E-state index contributed by atoms with van der Waals surface area (Å²) in [7, 11) is 0. The van der Waals surface area contributed by atoms with Crippen LogP contribution in [0.3, 0.4) is 0 Å². The number of halogens is 1. The first kappa shape index (κ1) is 10.5. The average molecular weight is 242 g/mol. The minimum absolute atomic E-state index is 0.637. The maximum absolute atomic E-state index is 5.92. The topological polar surface area (TPSA) is 12.9 Å². The SMILES string of the molecule is ClCCc1c2ccccc2nc2ccccc12. The van der Waals surface area contributed by atoms with E-state index in [0.717, 1.165) is 17.5 Å². The number of nitrogens with zero attached hydrogens (tertiary/aromatic N) is 1. The Morgan fingerprint density at radius 3 is 1.88 bits per heavy atom. The van der Waals surface area contributed by atoms with Crippen LogP contribution in [0, 0.1) is 0 Å². The maximum atomic E-state index is 5.92. The maximum Gasteiger partial charge on any atom is 0.0712 e. The van der Waals surface area contributed by atoms with Gasteiger partial charge < -0.3 is 0 Å². The molecule has 0 fully saturated rings. The molecule has 17 heavy (non-hydrogen) atoms. The summed E-state index contributed by atoms with van der Waals surface area (Å²) in [6.45, 7) is 0. The monoisotopic (exact) mass is 241 g/mol. The molecule has 0 amide bonds. The predicted octanol–water partition coefficient (Wildman–Crippen LogP) is 4.17. The smallest absolute Gasteiger partial charge is 0.0712 e. The summed E-state index contributed by atoms with van der Waals surface area (Å²) in [5.41, 5.74) is 3.40. The van der Waals surface area contributed by atoms with E-state index < -0.39 is 0 Å². The van der Waals surface area contributed by atoms with Crippen molar-refractivity contribution in [3.8, 4) is 0 Å². The van der Waals surface area contributed by atoms with Crippen LogP contribution < -0.4 is 0 Å². The Hall–Kier alpha value is -1.60. The molecule has 1 aromatic heterocycles. The summed E-state index contributed by atoms with van der Waals surface area (Å²) in [5, 5.41) is 2.43. The van der Waals surface area contributed by atoms with Crippen molar-refractivity contribution in [2.45, 2.75) is 6.42 Å². The number of rotatable bonds is 2. The highest BCUT2D eigenvalue weighted by Gasteiger charge is 2.07. The number of aryl methyl sites for hydroxylation is 1. The van der Waals surface area contributed by atoms with E-state index in [1.165, 1.54) is 16.3 Å². The van der Waals surface area contributed by atoms with E-state index in [-0.39, 0.29) is 0 Å². The van der Waals surface area contributed by atoms with E-state index in [1.54, 1.807) is 0 Å². The molecule has 0 unspecified atom stereocenters. The number of fused-ring (bicyclic) bond motifs is 2. The van der Waals surface area contributed by atoms with Gasteiger partial charge in [0.1, 0.15) is 0 Å². The summed E-state index contributed by atoms with van der Waals surface area (Å²) >= 11 is 5.92. The van der Waals surface area contributed by atoms with E-state index in [0.29, 0.717) is 5.88 Å². The highest BCUT2D eigenvalue weighted by molar-refractivity contribution is 6.18. The Kier molecular flexibility index (Phi) is 2.69. The predicted molar refractivity (Wildman–Crippen MR) is 73.7 cm³/mol. The van der Waals surface area contributed by atoms with Crippen LogP contribution in [0.15, 0.2) is 48.5 Å². The second-order valence-electron chi connectivity index (χ2n) is 4.06. The average Bonchev–Trinajstić information content (AvgIpc) is 2.39. The molecule has 0 spiro atoms. The molecule has 2 heteroatoms. The zero-order valence-corrected chi connectivity index (χ0v) is 10.1. The molecule has 0 radical (unpaired) electrons. The van der Waals surface area contributed by atoms with Crippen molar-refractivity contribution in [2.75, 3.05) is 5.88 Å². The Morgan fingerprint density at radius 2 is 1.35 bits per heavy atom. The molecule has 1 nitrogen and oxygen atoms in total. The van der Waals surface area contributed by atoms with Gasteiger partial charge in [-0.05, 0) is 24.1 Å². The van der Waals surface area contributed by atoms with Crippen molar-refractivity contribution in [2.24, 2.45) is 0 Å². The van der Waals surface area contributed by atoms with Gasteiger partial charge in [-0.15, -0.1) is 11.6 Å². The molecular formula is C15H12ClN. The third-order valence-electron chi connectivity index (χ3n) is 3.04. The molecule has 2 aromatic carbocycles. The number of hydrogen-bond acceptors (Lipinski definition) is 1. The Morgan fingerprint density at radius 1 is 0.824 bits per heavy atom. The molecule has 3 aromatic rings. The standard InChI is InChI=1S/C15H12ClN/c16-10-9-11-12-5-1-3-7-14(12)17-15-8-4-2-6-13(11)15/h1-8H,9-10H2. The zero-order valence-electron chi connectivity index (χ0n) is 9.36. The fraction of sp³-hybridized carbons (Fsp3) is 0.133. The minimum atomic E-state index is 0.637. The number of hydrogen-bond donors (Lipinski definition) is 0. The van der Waals surface area contributed by atoms with Crippen molar-refractivity contribution in [3.63, 3.8) is 0 Å². The van der Waals surface area contributed by atoms with Crippen LogP contribution in [0.4, 0.5) is 0 Å². The number of aromatic nitrogens is 1. The van der Waals surface area contributed by atoms with E-state index in [4.69, 9.17) is 11.6 Å². The van der Waals surface area contributed by atoms with Gasteiger partial charge in [-0.3, -0.25) is 0 Å². The normalized spacial score (nSPS) is 11.1. The van der Waals surface area contributed by atoms with Crippen LogP contribution >= 0.6 is 11.6 Å². The van der Waals surface area contributed by atoms with Crippen molar-refractivity contribution in [1.82, 2.24) is 4.98 Å². The summed E-state index contributed by atoms with van der Waals surface area (Å²) in [5.74, 6) is 0.637. The second kappa shape index (κ2) is 4.34. The minimum Gasteiger partial charge on any atom is -0.248 e. The lowest BCUT2D eigenvalue weighted by atomic mass is 10.0. The van der Waals surface area contributed by atoms with Crippen molar-refractivity contribution < 1.29 is 0 Å². The lowest BCUT2D eigenvalue weighted by molar-refractivity contribution is 1.18. The van der Waals surface area contributed by atoms with Gasteiger partial charge in [0.15, 0.2) is 0 Å². The molecule has 0 N–H and O–H groups in total. The van der Waals surface area contributed by atoms with Crippen LogP contribution in [0.5, 0.6) is 0 Å². The molecular weight excluding hydrogens is 230 g/mol. The van der Waals surface area contributed by atoms with Crippen LogP contribution in [0.2, 0.25) is 0 Å². The third kappa shape index (κ3) is 1.77. The molecule has 0 saturated carbocycles. The Balaban J connectivity index is 2.47. The third-order valence-corrected chi connectivity index (χ3v) is 3.23. The molecule has 0 aliphatic rings. The second-order valence-corrected chi connectivity index (χ2v) is 4.44. The largest absolute Gasteiger partial charge is 0.248 e. The fourth-order valence-corrected chi connectivity index (χ4v) is 2.48. The molecule has 0 bridgehead atoms. The van der Waals surface area contributed by atoms with Crippen LogP contribution in [0.1, 0.15) is 5.56 Å². The molecule has 0 aliphatic carbocycles. The summed E-state index contributed by atoms with van der Waals surface area (Å²) in [4.78, 5) is 4.68. The van der Waals surface area contributed by atoms with Crippen LogP contribution in [-0.4, -0.2) is 10.9 Å². The van der Waals surface area contributed by atoms with Gasteiger partial charge in [0.2, 0.25) is 0 Å². The zero-order chi connectivity index (χ0) is 11.7. The van der Waals surface area contributed by atoms with Gasteiger partial charge in [-0.2, -0.15) is 0 Å². The summed E-state index contributed by atoms with van der Waals surface area (Å²) in [6.07, 6.45) is 0.880. The van der Waals surface area contributed by atoms with Gasteiger partial charge in [-0.25, -0.2) is 4.98 Å². The first-order chi connectivity index (χ1) is 8.40. The Bertz CT molecular complexity index is 622. The lowest BCUT2D eigenvalue weighted by Gasteiger charge is -2.09. The first-order valence-corrected chi connectivity index (χ1v) is 6.26. The number of pyridine rings is 1. The van der Waals surface area contributed by atoms with Crippen LogP contribution in [0.25, 0.3) is 21.8 Å². The molecule has 3 rings (SSSR count). The summed E-state index contributed by atoms with van der Waals surface area (Å²) in [6, 6.07) is 16.5. The van der Waals surface area contributed by atoms with Crippen molar-refractivity contribution >= 4 is 33.4 Å². The van der Waals surface area contributed by atoms with Gasteiger partial charge in [0.05, 0.1) is 11.0 Å². The first-order valence-electron chi connectivity index (χ1n) is 5.72. The Labute approximate surface area is 105 Å². The van der Waals surface area contributed by atoms with Crippen molar-refractivity contribution in [3.05, 3.63) is 54.1 Å². The van der Waals surface area contributed by atoms with E-state index in [1.807, 2.05) is 12.1 Å². The fourth-order valence-electron chi connectivity index (χ4n) is 2.29. The van der Waals surface area contributed by atoms with Gasteiger partial charge in [0, 0.05) is 16.7 Å². The molecule has 0 aliphatic heterocycles.